The minimum atomic E-state index is -0.714. The van der Waals surface area contributed by atoms with Gasteiger partial charge >= 0.3 is 5.69 Å². The molecular formula is C11H12N2O4. The van der Waals surface area contributed by atoms with Gasteiger partial charge in [0.1, 0.15) is 6.07 Å². The van der Waals surface area contributed by atoms with Gasteiger partial charge in [-0.25, -0.2) is 0 Å². The Kier molecular flexibility index (Phi) is 4.43. The van der Waals surface area contributed by atoms with Gasteiger partial charge in [0.15, 0.2) is 11.9 Å². The van der Waals surface area contributed by atoms with Crippen LogP contribution in [0.2, 0.25) is 0 Å². The summed E-state index contributed by atoms with van der Waals surface area (Å²) in [6.07, 6.45) is -0.274. The number of hydrogen-bond acceptors (Lipinski definition) is 5. The van der Waals surface area contributed by atoms with E-state index in [-0.39, 0.29) is 18.0 Å². The first-order chi connectivity index (χ1) is 8.12. The van der Waals surface area contributed by atoms with E-state index >= 15 is 0 Å². The Morgan fingerprint density at radius 3 is 2.82 bits per heavy atom. The van der Waals surface area contributed by atoms with Gasteiger partial charge in [0.05, 0.1) is 11.5 Å². The highest BCUT2D eigenvalue weighted by Gasteiger charge is 2.18. The van der Waals surface area contributed by atoms with E-state index < -0.39 is 11.0 Å². The van der Waals surface area contributed by atoms with Crippen molar-refractivity contribution in [3.8, 4) is 11.8 Å². The van der Waals surface area contributed by atoms with Crippen molar-refractivity contribution in [2.24, 2.45) is 0 Å². The highest BCUT2D eigenvalue weighted by Crippen LogP contribution is 2.29. The number of ether oxygens (including phenoxy) is 1. The van der Waals surface area contributed by atoms with Gasteiger partial charge in [-0.15, -0.1) is 0 Å². The predicted molar refractivity (Wildman–Crippen MR) is 59.3 cm³/mol. The summed E-state index contributed by atoms with van der Waals surface area (Å²) in [5.74, 6) is 0.0422. The topological polar surface area (TPSA) is 96.4 Å². The van der Waals surface area contributed by atoms with Crippen molar-refractivity contribution in [1.29, 1.82) is 5.26 Å². The van der Waals surface area contributed by atoms with E-state index in [4.69, 9.17) is 15.1 Å². The second-order valence-corrected chi connectivity index (χ2v) is 3.36. The number of aliphatic hydroxyl groups is 1. The zero-order valence-electron chi connectivity index (χ0n) is 9.29. The fourth-order valence-corrected chi connectivity index (χ4v) is 1.26. The van der Waals surface area contributed by atoms with Crippen molar-refractivity contribution in [2.45, 2.75) is 26.1 Å². The Hall–Kier alpha value is -2.13. The Morgan fingerprint density at radius 2 is 2.35 bits per heavy atom. The fraction of sp³-hybridized carbons (Fsp3) is 0.364. The Bertz CT molecular complexity index is 453. The molecule has 0 aliphatic heterocycles. The minimum Gasteiger partial charge on any atom is -0.468 e. The number of nitro benzene ring substituents is 1. The zero-order chi connectivity index (χ0) is 12.8. The van der Waals surface area contributed by atoms with Gasteiger partial charge in [-0.2, -0.15) is 5.26 Å². The second-order valence-electron chi connectivity index (χ2n) is 3.36. The van der Waals surface area contributed by atoms with E-state index in [1.807, 2.05) is 6.07 Å². The standard InChI is InChI=1S/C11H12N2O4/c1-2-9(6-12)17-11-4-3-8(7-14)5-10(11)13(15)16/h3-5,9,14H,2,7H2,1H3. The number of nitro groups is 1. The molecule has 17 heavy (non-hydrogen) atoms. The zero-order valence-corrected chi connectivity index (χ0v) is 9.29. The van der Waals surface area contributed by atoms with Gasteiger partial charge in [-0.05, 0) is 18.1 Å². The van der Waals surface area contributed by atoms with Gasteiger partial charge in [0.25, 0.3) is 0 Å². The quantitative estimate of drug-likeness (QED) is 0.620. The number of nitrogens with zero attached hydrogens (tertiary/aromatic N) is 2. The molecule has 0 amide bonds. The molecule has 0 aromatic heterocycles. The molecule has 1 rings (SSSR count). The first kappa shape index (κ1) is 12.9. The summed E-state index contributed by atoms with van der Waals surface area (Å²) >= 11 is 0. The van der Waals surface area contributed by atoms with E-state index in [0.29, 0.717) is 12.0 Å². The largest absolute Gasteiger partial charge is 0.468 e. The highest BCUT2D eigenvalue weighted by molar-refractivity contribution is 5.48. The molecule has 0 bridgehead atoms. The number of aliphatic hydroxyl groups excluding tert-OH is 1. The maximum Gasteiger partial charge on any atom is 0.311 e. The monoisotopic (exact) mass is 236 g/mol. The van der Waals surface area contributed by atoms with E-state index in [1.54, 1.807) is 6.92 Å². The van der Waals surface area contributed by atoms with Crippen LogP contribution in [-0.2, 0) is 6.61 Å². The molecule has 1 N–H and O–H groups in total. The molecule has 0 heterocycles. The summed E-state index contributed by atoms with van der Waals surface area (Å²) in [6, 6.07) is 6.05. The lowest BCUT2D eigenvalue weighted by atomic mass is 10.2. The molecule has 0 saturated carbocycles. The predicted octanol–water partition coefficient (Wildman–Crippen LogP) is 1.77. The maximum absolute atomic E-state index is 10.8. The van der Waals surface area contributed by atoms with Crippen molar-refractivity contribution >= 4 is 5.69 Å². The average Bonchev–Trinajstić information content (AvgIpc) is 2.35. The van der Waals surface area contributed by atoms with Crippen LogP contribution in [0.15, 0.2) is 18.2 Å². The fourth-order valence-electron chi connectivity index (χ4n) is 1.26. The van der Waals surface area contributed by atoms with Gasteiger partial charge in [-0.1, -0.05) is 13.0 Å². The van der Waals surface area contributed by atoms with Crippen LogP contribution in [-0.4, -0.2) is 16.1 Å². The molecule has 0 radical (unpaired) electrons. The number of hydrogen-bond donors (Lipinski definition) is 1. The molecule has 1 aromatic rings. The summed E-state index contributed by atoms with van der Waals surface area (Å²) in [4.78, 5) is 10.2. The van der Waals surface area contributed by atoms with Crippen LogP contribution >= 0.6 is 0 Å². The molecule has 6 heteroatoms. The molecule has 6 nitrogen and oxygen atoms in total. The molecular weight excluding hydrogens is 224 g/mol. The first-order valence-electron chi connectivity index (χ1n) is 5.06. The lowest BCUT2D eigenvalue weighted by molar-refractivity contribution is -0.386. The molecule has 0 fully saturated rings. The van der Waals surface area contributed by atoms with Crippen LogP contribution in [0.25, 0.3) is 0 Å². The van der Waals surface area contributed by atoms with Crippen LogP contribution in [0.5, 0.6) is 5.75 Å². The van der Waals surface area contributed by atoms with Crippen molar-refractivity contribution in [2.75, 3.05) is 0 Å². The number of nitriles is 1. The van der Waals surface area contributed by atoms with Gasteiger partial charge in [0.2, 0.25) is 0 Å². The molecule has 1 atom stereocenters. The van der Waals surface area contributed by atoms with Crippen LogP contribution < -0.4 is 4.74 Å². The number of benzene rings is 1. The lowest BCUT2D eigenvalue weighted by Gasteiger charge is -2.10. The van der Waals surface area contributed by atoms with Gasteiger partial charge < -0.3 is 9.84 Å². The molecule has 0 saturated heterocycles. The van der Waals surface area contributed by atoms with Gasteiger partial charge in [0, 0.05) is 6.07 Å². The Morgan fingerprint density at radius 1 is 1.65 bits per heavy atom. The normalized spacial score (nSPS) is 11.6. The van der Waals surface area contributed by atoms with E-state index in [1.165, 1.54) is 18.2 Å². The maximum atomic E-state index is 10.8. The second kappa shape index (κ2) is 5.82. The van der Waals surface area contributed by atoms with E-state index in [0.717, 1.165) is 0 Å². The minimum absolute atomic E-state index is 0.0422. The Labute approximate surface area is 98.2 Å². The van der Waals surface area contributed by atoms with Crippen LogP contribution in [0.1, 0.15) is 18.9 Å². The third kappa shape index (κ3) is 3.16. The summed E-state index contributed by atoms with van der Waals surface area (Å²) < 4.78 is 5.22. The SMILES string of the molecule is CCC(C#N)Oc1ccc(CO)cc1[N+](=O)[O-]. The van der Waals surface area contributed by atoms with Gasteiger partial charge in [-0.3, -0.25) is 10.1 Å². The summed E-state index contributed by atoms with van der Waals surface area (Å²) in [6.45, 7) is 1.47. The average molecular weight is 236 g/mol. The first-order valence-corrected chi connectivity index (χ1v) is 5.06. The molecule has 0 aliphatic carbocycles. The van der Waals surface area contributed by atoms with E-state index in [9.17, 15) is 10.1 Å². The Balaban J connectivity index is 3.07. The van der Waals surface area contributed by atoms with Crippen molar-refractivity contribution in [3.05, 3.63) is 33.9 Å². The van der Waals surface area contributed by atoms with Crippen LogP contribution in [0.3, 0.4) is 0 Å². The summed E-state index contributed by atoms with van der Waals surface area (Å²) in [7, 11) is 0. The molecule has 90 valence electrons. The summed E-state index contributed by atoms with van der Waals surface area (Å²) in [5, 5.41) is 28.4. The molecule has 0 spiro atoms. The molecule has 1 unspecified atom stereocenters. The van der Waals surface area contributed by atoms with E-state index in [2.05, 4.69) is 0 Å². The van der Waals surface area contributed by atoms with Crippen molar-refractivity contribution in [3.63, 3.8) is 0 Å². The third-order valence-corrected chi connectivity index (χ3v) is 2.19. The smallest absolute Gasteiger partial charge is 0.311 e. The van der Waals surface area contributed by atoms with Crippen molar-refractivity contribution < 1.29 is 14.8 Å². The van der Waals surface area contributed by atoms with Crippen LogP contribution in [0, 0.1) is 21.4 Å². The number of rotatable bonds is 5. The highest BCUT2D eigenvalue weighted by atomic mass is 16.6. The molecule has 1 aromatic carbocycles. The van der Waals surface area contributed by atoms with Crippen LogP contribution in [0.4, 0.5) is 5.69 Å². The van der Waals surface area contributed by atoms with Crippen molar-refractivity contribution in [1.82, 2.24) is 0 Å². The molecule has 0 aliphatic rings. The third-order valence-electron chi connectivity index (χ3n) is 2.19. The summed E-state index contributed by atoms with van der Waals surface area (Å²) in [5.41, 5.74) is 0.180. The lowest BCUT2D eigenvalue weighted by Crippen LogP contribution is -2.13.